The van der Waals surface area contributed by atoms with E-state index < -0.39 is 6.10 Å². The van der Waals surface area contributed by atoms with Crippen molar-refractivity contribution >= 4 is 27.7 Å². The van der Waals surface area contributed by atoms with Gasteiger partial charge in [0.1, 0.15) is 5.75 Å². The van der Waals surface area contributed by atoms with E-state index in [1.54, 1.807) is 18.7 Å². The van der Waals surface area contributed by atoms with Crippen LogP contribution in [0.2, 0.25) is 0 Å². The third kappa shape index (κ3) is 4.54. The summed E-state index contributed by atoms with van der Waals surface area (Å²) >= 11 is 5.18. The van der Waals surface area contributed by atoms with Crippen LogP contribution < -0.4 is 4.74 Å². The van der Waals surface area contributed by atoms with E-state index in [0.717, 1.165) is 21.5 Å². The summed E-state index contributed by atoms with van der Waals surface area (Å²) in [6.45, 7) is 2.35. The summed E-state index contributed by atoms with van der Waals surface area (Å²) in [4.78, 5) is 1.24. The molecule has 2 aromatic carbocycles. The number of thioether (sulfide) groups is 1. The summed E-state index contributed by atoms with van der Waals surface area (Å²) in [5.74, 6) is 1.61. The number of hydrogen-bond acceptors (Lipinski definition) is 3. The third-order valence-corrected chi connectivity index (χ3v) is 4.25. The number of halogens is 1. The van der Waals surface area contributed by atoms with Gasteiger partial charge in [0.15, 0.2) is 0 Å². The van der Waals surface area contributed by atoms with Crippen LogP contribution in [0.5, 0.6) is 5.75 Å². The molecule has 0 unspecified atom stereocenters. The number of rotatable bonds is 6. The molecule has 0 fully saturated rings. The number of hydrogen-bond donors (Lipinski definition) is 1. The Kier molecular flexibility index (Phi) is 5.95. The fourth-order valence-corrected chi connectivity index (χ4v) is 2.90. The van der Waals surface area contributed by atoms with Gasteiger partial charge in [0.2, 0.25) is 0 Å². The van der Waals surface area contributed by atoms with Crippen molar-refractivity contribution in [3.8, 4) is 5.75 Å². The second-order valence-electron chi connectivity index (χ2n) is 4.37. The quantitative estimate of drug-likeness (QED) is 0.604. The van der Waals surface area contributed by atoms with Crippen molar-refractivity contribution in [1.82, 2.24) is 0 Å². The lowest BCUT2D eigenvalue weighted by atomic mass is 10.1. The molecule has 0 aliphatic heterocycles. The van der Waals surface area contributed by atoms with E-state index in [1.807, 2.05) is 36.4 Å². The minimum absolute atomic E-state index is 0.528. The minimum Gasteiger partial charge on any atom is -0.492 e. The molecule has 2 aromatic rings. The van der Waals surface area contributed by atoms with Crippen LogP contribution in [0.3, 0.4) is 0 Å². The van der Waals surface area contributed by atoms with Crippen LogP contribution in [0.25, 0.3) is 0 Å². The molecule has 0 heterocycles. The van der Waals surface area contributed by atoms with Gasteiger partial charge in [-0.15, -0.1) is 11.8 Å². The van der Waals surface area contributed by atoms with Crippen molar-refractivity contribution < 1.29 is 9.84 Å². The van der Waals surface area contributed by atoms with E-state index in [4.69, 9.17) is 4.74 Å². The summed E-state index contributed by atoms with van der Waals surface area (Å²) in [6.07, 6.45) is -0.528. The third-order valence-electron chi connectivity index (χ3n) is 2.78. The fourth-order valence-electron chi connectivity index (χ4n) is 1.81. The molecule has 0 aliphatic carbocycles. The first kappa shape index (κ1) is 15.4. The molecule has 20 heavy (non-hydrogen) atoms. The molecular formula is C16H17BrO2S. The highest BCUT2D eigenvalue weighted by Gasteiger charge is 2.09. The summed E-state index contributed by atoms with van der Waals surface area (Å²) in [5.41, 5.74) is 0.818. The van der Waals surface area contributed by atoms with E-state index >= 15 is 0 Å². The average molecular weight is 353 g/mol. The van der Waals surface area contributed by atoms with Crippen molar-refractivity contribution in [2.75, 3.05) is 12.4 Å². The van der Waals surface area contributed by atoms with Crippen LogP contribution in [-0.4, -0.2) is 17.5 Å². The zero-order valence-electron chi connectivity index (χ0n) is 11.3. The Labute approximate surface area is 132 Å². The summed E-state index contributed by atoms with van der Waals surface area (Å²) in [5, 5.41) is 9.73. The average Bonchev–Trinajstić information content (AvgIpc) is 2.44. The van der Waals surface area contributed by atoms with Gasteiger partial charge in [-0.1, -0.05) is 40.2 Å². The van der Waals surface area contributed by atoms with Crippen LogP contribution in [0.15, 0.2) is 57.9 Å². The summed E-state index contributed by atoms with van der Waals surface area (Å²) in [6, 6.07) is 15.9. The SMILES string of the molecule is C[C@@H](O)c1ccc(Br)cc1OCCSc1ccccc1. The minimum atomic E-state index is -0.528. The van der Waals surface area contributed by atoms with Crippen LogP contribution in [0, 0.1) is 0 Å². The molecule has 2 rings (SSSR count). The van der Waals surface area contributed by atoms with Crippen LogP contribution in [0.4, 0.5) is 0 Å². The Bertz CT molecular complexity index is 543. The Hall–Kier alpha value is -0.970. The molecule has 4 heteroatoms. The van der Waals surface area contributed by atoms with Gasteiger partial charge in [-0.05, 0) is 31.2 Å². The molecule has 1 N–H and O–H groups in total. The summed E-state index contributed by atoms with van der Waals surface area (Å²) < 4.78 is 6.74. The molecule has 0 amide bonds. The van der Waals surface area contributed by atoms with Crippen molar-refractivity contribution in [2.24, 2.45) is 0 Å². The van der Waals surface area contributed by atoms with E-state index in [2.05, 4.69) is 28.1 Å². The molecule has 106 valence electrons. The maximum absolute atomic E-state index is 9.73. The Morgan fingerprint density at radius 3 is 2.65 bits per heavy atom. The second-order valence-corrected chi connectivity index (χ2v) is 6.45. The number of ether oxygens (including phenoxy) is 1. The fraction of sp³-hybridized carbons (Fsp3) is 0.250. The largest absolute Gasteiger partial charge is 0.492 e. The normalized spacial score (nSPS) is 12.2. The predicted octanol–water partition coefficient (Wildman–Crippen LogP) is 4.67. The maximum atomic E-state index is 9.73. The number of benzene rings is 2. The predicted molar refractivity (Wildman–Crippen MR) is 87.4 cm³/mol. The van der Waals surface area contributed by atoms with Gasteiger partial charge in [-0.2, -0.15) is 0 Å². The highest BCUT2D eigenvalue weighted by atomic mass is 79.9. The molecule has 0 radical (unpaired) electrons. The van der Waals surface area contributed by atoms with Crippen molar-refractivity contribution in [3.63, 3.8) is 0 Å². The number of aliphatic hydroxyl groups is 1. The lowest BCUT2D eigenvalue weighted by Crippen LogP contribution is -2.04. The second kappa shape index (κ2) is 7.72. The van der Waals surface area contributed by atoms with Gasteiger partial charge >= 0.3 is 0 Å². The molecule has 0 aromatic heterocycles. The highest BCUT2D eigenvalue weighted by molar-refractivity contribution is 9.10. The van der Waals surface area contributed by atoms with E-state index in [1.165, 1.54) is 4.90 Å². The van der Waals surface area contributed by atoms with Crippen LogP contribution >= 0.6 is 27.7 Å². The van der Waals surface area contributed by atoms with Gasteiger partial charge in [0, 0.05) is 20.7 Å². The topological polar surface area (TPSA) is 29.5 Å². The van der Waals surface area contributed by atoms with Gasteiger partial charge in [-0.25, -0.2) is 0 Å². The molecule has 0 saturated carbocycles. The Morgan fingerprint density at radius 2 is 1.95 bits per heavy atom. The lowest BCUT2D eigenvalue weighted by molar-refractivity contribution is 0.192. The standard InChI is InChI=1S/C16H17BrO2S/c1-12(18)15-8-7-13(17)11-16(15)19-9-10-20-14-5-3-2-4-6-14/h2-8,11-12,18H,9-10H2,1H3/t12-/m1/s1. The molecule has 0 bridgehead atoms. The van der Waals surface area contributed by atoms with Gasteiger partial charge in [0.05, 0.1) is 12.7 Å². The van der Waals surface area contributed by atoms with E-state index in [-0.39, 0.29) is 0 Å². The Morgan fingerprint density at radius 1 is 1.20 bits per heavy atom. The van der Waals surface area contributed by atoms with Gasteiger partial charge < -0.3 is 9.84 Å². The van der Waals surface area contributed by atoms with Crippen molar-refractivity contribution in [2.45, 2.75) is 17.9 Å². The molecule has 1 atom stereocenters. The zero-order chi connectivity index (χ0) is 14.4. The first-order valence-electron chi connectivity index (χ1n) is 6.45. The summed E-state index contributed by atoms with van der Waals surface area (Å²) in [7, 11) is 0. The molecule has 0 aliphatic rings. The Balaban J connectivity index is 1.89. The van der Waals surface area contributed by atoms with Crippen molar-refractivity contribution in [1.29, 1.82) is 0 Å². The maximum Gasteiger partial charge on any atom is 0.126 e. The van der Waals surface area contributed by atoms with E-state index in [9.17, 15) is 5.11 Å². The van der Waals surface area contributed by atoms with E-state index in [0.29, 0.717) is 6.61 Å². The monoisotopic (exact) mass is 352 g/mol. The van der Waals surface area contributed by atoms with Crippen molar-refractivity contribution in [3.05, 3.63) is 58.6 Å². The van der Waals surface area contributed by atoms with Crippen LogP contribution in [0.1, 0.15) is 18.6 Å². The molecular weight excluding hydrogens is 336 g/mol. The molecule has 0 spiro atoms. The van der Waals surface area contributed by atoms with Crippen LogP contribution in [-0.2, 0) is 0 Å². The first-order valence-corrected chi connectivity index (χ1v) is 8.23. The smallest absolute Gasteiger partial charge is 0.126 e. The highest BCUT2D eigenvalue weighted by Crippen LogP contribution is 2.29. The number of aliphatic hydroxyl groups excluding tert-OH is 1. The van der Waals surface area contributed by atoms with Gasteiger partial charge in [0.25, 0.3) is 0 Å². The lowest BCUT2D eigenvalue weighted by Gasteiger charge is -2.13. The first-order chi connectivity index (χ1) is 9.66. The zero-order valence-corrected chi connectivity index (χ0v) is 13.7. The molecule has 2 nitrogen and oxygen atoms in total. The molecule has 0 saturated heterocycles. The van der Waals surface area contributed by atoms with Gasteiger partial charge in [-0.3, -0.25) is 0 Å².